The molecule has 1 saturated heterocycles. The van der Waals surface area contributed by atoms with Crippen LogP contribution in [0.3, 0.4) is 0 Å². The van der Waals surface area contributed by atoms with Gasteiger partial charge >= 0.3 is 11.9 Å². The molecule has 1 aromatic carbocycles. The molecule has 2 rings (SSSR count). The predicted octanol–water partition coefficient (Wildman–Crippen LogP) is 2.15. The number of benzene rings is 1. The Morgan fingerprint density at radius 1 is 1.23 bits per heavy atom. The summed E-state index contributed by atoms with van der Waals surface area (Å²) in [4.78, 5) is 26.8. The zero-order chi connectivity index (χ0) is 16.2. The van der Waals surface area contributed by atoms with Gasteiger partial charge in [-0.25, -0.2) is 9.59 Å². The smallest absolute Gasteiger partial charge is 0.338 e. The molecule has 1 fully saturated rings. The van der Waals surface area contributed by atoms with Gasteiger partial charge in [-0.15, -0.1) is 0 Å². The summed E-state index contributed by atoms with van der Waals surface area (Å²) in [5.74, 6) is -1.02. The molecule has 1 aliphatic rings. The first-order valence-electron chi connectivity index (χ1n) is 7.68. The number of nitrogens with zero attached hydrogens (tertiary/aromatic N) is 1. The van der Waals surface area contributed by atoms with E-state index in [0.29, 0.717) is 19.5 Å². The third kappa shape index (κ3) is 3.14. The third-order valence-electron chi connectivity index (χ3n) is 3.79. The first kappa shape index (κ1) is 16.5. The second-order valence-corrected chi connectivity index (χ2v) is 5.69. The molecule has 5 heteroatoms. The van der Waals surface area contributed by atoms with E-state index in [1.807, 2.05) is 35.2 Å². The molecule has 5 nitrogen and oxygen atoms in total. The molecule has 1 atom stereocenters. The Bertz CT molecular complexity index is 529. The van der Waals surface area contributed by atoms with Crippen LogP contribution in [0.25, 0.3) is 0 Å². The van der Waals surface area contributed by atoms with E-state index in [1.165, 1.54) is 0 Å². The van der Waals surface area contributed by atoms with Gasteiger partial charge in [0, 0.05) is 19.5 Å². The van der Waals surface area contributed by atoms with Crippen LogP contribution in [0.2, 0.25) is 0 Å². The molecule has 0 spiro atoms. The fourth-order valence-electron chi connectivity index (χ4n) is 2.62. The highest BCUT2D eigenvalue weighted by molar-refractivity contribution is 6.06. The molecule has 1 aliphatic heterocycles. The number of likely N-dealkylation sites (tertiary alicyclic amines) is 1. The minimum absolute atomic E-state index is 0.245. The van der Waals surface area contributed by atoms with Crippen molar-refractivity contribution in [2.75, 3.05) is 13.2 Å². The first-order valence-corrected chi connectivity index (χ1v) is 7.68. The van der Waals surface area contributed by atoms with Crippen LogP contribution in [-0.2, 0) is 25.6 Å². The Morgan fingerprint density at radius 3 is 2.41 bits per heavy atom. The molecule has 0 unspecified atom stereocenters. The van der Waals surface area contributed by atoms with E-state index >= 15 is 0 Å². The predicted molar refractivity (Wildman–Crippen MR) is 82.1 cm³/mol. The van der Waals surface area contributed by atoms with Crippen molar-refractivity contribution in [2.45, 2.75) is 45.4 Å². The molecule has 0 radical (unpaired) electrons. The van der Waals surface area contributed by atoms with Gasteiger partial charge in [-0.1, -0.05) is 30.3 Å². The molecule has 0 bridgehead atoms. The van der Waals surface area contributed by atoms with E-state index in [-0.39, 0.29) is 12.7 Å². The fourth-order valence-corrected chi connectivity index (χ4v) is 2.62. The highest BCUT2D eigenvalue weighted by Gasteiger charge is 2.59. The number of ether oxygens (including phenoxy) is 2. The van der Waals surface area contributed by atoms with Crippen LogP contribution in [0, 0.1) is 0 Å². The van der Waals surface area contributed by atoms with Crippen molar-refractivity contribution < 1.29 is 19.1 Å². The van der Waals surface area contributed by atoms with Gasteiger partial charge in [-0.2, -0.15) is 0 Å². The molecule has 0 aliphatic carbocycles. The van der Waals surface area contributed by atoms with Crippen molar-refractivity contribution in [2.24, 2.45) is 0 Å². The van der Waals surface area contributed by atoms with Crippen molar-refractivity contribution >= 4 is 11.9 Å². The van der Waals surface area contributed by atoms with Gasteiger partial charge in [0.25, 0.3) is 0 Å². The lowest BCUT2D eigenvalue weighted by Crippen LogP contribution is -2.69. The van der Waals surface area contributed by atoms with E-state index in [0.717, 1.165) is 5.56 Å². The van der Waals surface area contributed by atoms with Crippen LogP contribution < -0.4 is 0 Å². The van der Waals surface area contributed by atoms with E-state index in [1.54, 1.807) is 20.8 Å². The van der Waals surface area contributed by atoms with Crippen LogP contribution in [0.5, 0.6) is 0 Å². The maximum Gasteiger partial charge on any atom is 0.338 e. The zero-order valence-electron chi connectivity index (χ0n) is 13.4. The molecule has 0 aromatic heterocycles. The normalized spacial score (nSPS) is 21.3. The minimum atomic E-state index is -1.30. The van der Waals surface area contributed by atoms with Crippen molar-refractivity contribution in [3.8, 4) is 0 Å². The molecule has 0 N–H and O–H groups in total. The SMILES string of the molecule is CCOC(=O)[C@@]1(C(=O)OC(C)C)CCN1Cc1ccccc1. The summed E-state index contributed by atoms with van der Waals surface area (Å²) in [6, 6.07) is 9.76. The Balaban J connectivity index is 2.21. The largest absolute Gasteiger partial charge is 0.464 e. The number of carbonyl (C=O) groups is 2. The second-order valence-electron chi connectivity index (χ2n) is 5.69. The minimum Gasteiger partial charge on any atom is -0.464 e. The lowest BCUT2D eigenvalue weighted by Gasteiger charge is -2.48. The molecule has 1 heterocycles. The standard InChI is InChI=1S/C17H23NO4/c1-4-21-15(19)17(16(20)22-13(2)3)10-11-18(17)12-14-8-6-5-7-9-14/h5-9,13H,4,10-12H2,1-3H3/t17-/m1/s1. The van der Waals surface area contributed by atoms with Crippen LogP contribution in [0.4, 0.5) is 0 Å². The van der Waals surface area contributed by atoms with Gasteiger partial charge < -0.3 is 9.47 Å². The summed E-state index contributed by atoms with van der Waals surface area (Å²) in [6.07, 6.45) is 0.169. The van der Waals surface area contributed by atoms with E-state index in [4.69, 9.17) is 9.47 Å². The van der Waals surface area contributed by atoms with Gasteiger partial charge in [0.15, 0.2) is 0 Å². The molecule has 22 heavy (non-hydrogen) atoms. The number of hydrogen-bond donors (Lipinski definition) is 0. The fraction of sp³-hybridized carbons (Fsp3) is 0.529. The summed E-state index contributed by atoms with van der Waals surface area (Å²) in [6.45, 7) is 6.72. The Hall–Kier alpha value is -1.88. The number of carbonyl (C=O) groups excluding carboxylic acids is 2. The number of rotatable bonds is 6. The average molecular weight is 305 g/mol. The second kappa shape index (κ2) is 6.92. The van der Waals surface area contributed by atoms with Gasteiger partial charge in [0.2, 0.25) is 5.54 Å². The van der Waals surface area contributed by atoms with E-state index in [9.17, 15) is 9.59 Å². The molecular formula is C17H23NO4. The van der Waals surface area contributed by atoms with Crippen molar-refractivity contribution in [3.63, 3.8) is 0 Å². The summed E-state index contributed by atoms with van der Waals surface area (Å²) in [5, 5.41) is 0. The highest BCUT2D eigenvalue weighted by Crippen LogP contribution is 2.35. The Labute approximate surface area is 131 Å². The maximum atomic E-state index is 12.5. The quantitative estimate of drug-likeness (QED) is 0.595. The zero-order valence-corrected chi connectivity index (χ0v) is 13.4. The summed E-state index contributed by atoms with van der Waals surface area (Å²) in [7, 11) is 0. The van der Waals surface area contributed by atoms with Crippen LogP contribution in [-0.4, -0.2) is 41.6 Å². The average Bonchev–Trinajstić information content (AvgIpc) is 2.45. The van der Waals surface area contributed by atoms with Gasteiger partial charge in [-0.3, -0.25) is 4.90 Å². The topological polar surface area (TPSA) is 55.8 Å². The van der Waals surface area contributed by atoms with E-state index < -0.39 is 17.5 Å². The first-order chi connectivity index (χ1) is 10.5. The molecule has 0 saturated carbocycles. The summed E-state index contributed by atoms with van der Waals surface area (Å²) >= 11 is 0. The maximum absolute atomic E-state index is 12.5. The van der Waals surface area contributed by atoms with Crippen molar-refractivity contribution in [1.29, 1.82) is 0 Å². The summed E-state index contributed by atoms with van der Waals surface area (Å²) < 4.78 is 10.4. The lowest BCUT2D eigenvalue weighted by atomic mass is 9.83. The Morgan fingerprint density at radius 2 is 1.91 bits per heavy atom. The number of esters is 2. The monoisotopic (exact) mass is 305 g/mol. The van der Waals surface area contributed by atoms with E-state index in [2.05, 4.69) is 0 Å². The molecule has 120 valence electrons. The van der Waals surface area contributed by atoms with Gasteiger partial charge in [0.1, 0.15) is 0 Å². The van der Waals surface area contributed by atoms with Gasteiger partial charge in [-0.05, 0) is 26.3 Å². The third-order valence-corrected chi connectivity index (χ3v) is 3.79. The molecular weight excluding hydrogens is 282 g/mol. The number of hydrogen-bond acceptors (Lipinski definition) is 5. The van der Waals surface area contributed by atoms with Gasteiger partial charge in [0.05, 0.1) is 12.7 Å². The van der Waals surface area contributed by atoms with Crippen molar-refractivity contribution in [3.05, 3.63) is 35.9 Å². The molecule has 0 amide bonds. The Kier molecular flexibility index (Phi) is 5.19. The van der Waals surface area contributed by atoms with Crippen LogP contribution >= 0.6 is 0 Å². The van der Waals surface area contributed by atoms with Crippen molar-refractivity contribution in [1.82, 2.24) is 4.90 Å². The van der Waals surface area contributed by atoms with Crippen LogP contribution in [0.15, 0.2) is 30.3 Å². The summed E-state index contributed by atoms with van der Waals surface area (Å²) in [5.41, 5.74) is -0.246. The lowest BCUT2D eigenvalue weighted by molar-refractivity contribution is -0.189. The highest BCUT2D eigenvalue weighted by atomic mass is 16.6. The molecule has 1 aromatic rings. The van der Waals surface area contributed by atoms with Crippen LogP contribution in [0.1, 0.15) is 32.8 Å².